The minimum absolute atomic E-state index is 0.0395. The number of nitro groups is 1. The van der Waals surface area contributed by atoms with E-state index in [0.717, 1.165) is 6.42 Å². The molecule has 0 aliphatic rings. The summed E-state index contributed by atoms with van der Waals surface area (Å²) < 4.78 is 0. The molecule has 0 fully saturated rings. The number of rotatable bonds is 6. The van der Waals surface area contributed by atoms with Crippen molar-refractivity contribution in [2.24, 2.45) is 0 Å². The molecule has 1 amide bonds. The van der Waals surface area contributed by atoms with Gasteiger partial charge in [-0.3, -0.25) is 14.9 Å². The number of amides is 1. The number of carbonyl (C=O) groups excluding carboxylic acids is 1. The van der Waals surface area contributed by atoms with Crippen LogP contribution in [0.15, 0.2) is 18.3 Å². The zero-order valence-electron chi connectivity index (χ0n) is 10.4. The van der Waals surface area contributed by atoms with Gasteiger partial charge in [-0.25, -0.2) is 4.98 Å². The summed E-state index contributed by atoms with van der Waals surface area (Å²) in [6, 6.07) is 2.86. The van der Waals surface area contributed by atoms with Crippen LogP contribution in [0.3, 0.4) is 0 Å². The van der Waals surface area contributed by atoms with Gasteiger partial charge in [0.25, 0.3) is 0 Å². The molecule has 1 aromatic rings. The second-order valence-electron chi connectivity index (χ2n) is 3.81. The van der Waals surface area contributed by atoms with Gasteiger partial charge in [-0.05, 0) is 12.5 Å². The Hall–Kier alpha value is -2.18. The normalized spacial score (nSPS) is 9.89. The lowest BCUT2D eigenvalue weighted by molar-refractivity contribution is -0.384. The monoisotopic (exact) mass is 252 g/mol. The van der Waals surface area contributed by atoms with Crippen molar-refractivity contribution in [3.8, 4) is 0 Å². The van der Waals surface area contributed by atoms with Crippen LogP contribution in [0.4, 0.5) is 11.5 Å². The van der Waals surface area contributed by atoms with Gasteiger partial charge in [0.05, 0.1) is 11.5 Å². The molecular weight excluding hydrogens is 236 g/mol. The quantitative estimate of drug-likeness (QED) is 0.601. The number of hydrogen-bond donors (Lipinski definition) is 1. The van der Waals surface area contributed by atoms with Gasteiger partial charge in [-0.15, -0.1) is 0 Å². The number of aromatic nitrogens is 1. The number of nitrogens with one attached hydrogen (secondary N) is 1. The van der Waals surface area contributed by atoms with E-state index in [1.54, 1.807) is 7.05 Å². The van der Waals surface area contributed by atoms with Crippen molar-refractivity contribution < 1.29 is 9.72 Å². The van der Waals surface area contributed by atoms with Crippen LogP contribution < -0.4 is 10.2 Å². The van der Waals surface area contributed by atoms with Crippen LogP contribution in [0.1, 0.15) is 13.3 Å². The van der Waals surface area contributed by atoms with Gasteiger partial charge in [-0.1, -0.05) is 6.92 Å². The molecule has 1 heterocycles. The van der Waals surface area contributed by atoms with Gasteiger partial charge in [0, 0.05) is 25.9 Å². The summed E-state index contributed by atoms with van der Waals surface area (Å²) in [6.07, 6.45) is 2.31. The lowest BCUT2D eigenvalue weighted by Crippen LogP contribution is -2.36. The summed E-state index contributed by atoms with van der Waals surface area (Å²) in [5.41, 5.74) is -0.108. The lowest BCUT2D eigenvalue weighted by atomic mass is 10.3. The first-order chi connectivity index (χ1) is 8.56. The Morgan fingerprint density at radius 2 is 2.33 bits per heavy atom. The maximum absolute atomic E-state index is 11.5. The first-order valence-corrected chi connectivity index (χ1v) is 5.63. The van der Waals surface area contributed by atoms with Gasteiger partial charge >= 0.3 is 5.69 Å². The molecule has 0 aliphatic carbocycles. The molecule has 0 aromatic carbocycles. The highest BCUT2D eigenvalue weighted by Gasteiger charge is 2.19. The number of likely N-dealkylation sites (N-methyl/N-ethyl adjacent to an activating group) is 1. The van der Waals surface area contributed by atoms with Crippen LogP contribution in [0.5, 0.6) is 0 Å². The lowest BCUT2D eigenvalue weighted by Gasteiger charge is -2.17. The van der Waals surface area contributed by atoms with Crippen molar-refractivity contribution in [3.05, 3.63) is 28.4 Å². The fourth-order valence-corrected chi connectivity index (χ4v) is 1.44. The Kier molecular flexibility index (Phi) is 5.04. The molecule has 1 rings (SSSR count). The third kappa shape index (κ3) is 3.69. The molecule has 98 valence electrons. The highest BCUT2D eigenvalue weighted by molar-refractivity contribution is 5.81. The minimum atomic E-state index is -0.511. The van der Waals surface area contributed by atoms with Crippen LogP contribution in [0.25, 0.3) is 0 Å². The summed E-state index contributed by atoms with van der Waals surface area (Å²) >= 11 is 0. The van der Waals surface area contributed by atoms with Crippen molar-refractivity contribution in [1.29, 1.82) is 0 Å². The maximum Gasteiger partial charge on any atom is 0.311 e. The van der Waals surface area contributed by atoms with E-state index in [-0.39, 0.29) is 24.0 Å². The molecule has 0 unspecified atom stereocenters. The molecule has 0 saturated carbocycles. The molecule has 0 bridgehead atoms. The van der Waals surface area contributed by atoms with Crippen molar-refractivity contribution in [2.75, 3.05) is 25.0 Å². The van der Waals surface area contributed by atoms with Crippen LogP contribution >= 0.6 is 0 Å². The van der Waals surface area contributed by atoms with Gasteiger partial charge < -0.3 is 10.2 Å². The van der Waals surface area contributed by atoms with Gasteiger partial charge in [-0.2, -0.15) is 0 Å². The third-order valence-electron chi connectivity index (χ3n) is 2.28. The highest BCUT2D eigenvalue weighted by atomic mass is 16.6. The second-order valence-corrected chi connectivity index (χ2v) is 3.81. The van der Waals surface area contributed by atoms with Crippen molar-refractivity contribution in [2.45, 2.75) is 13.3 Å². The Morgan fingerprint density at radius 3 is 2.94 bits per heavy atom. The Balaban J connectivity index is 2.75. The average Bonchev–Trinajstić information content (AvgIpc) is 2.36. The van der Waals surface area contributed by atoms with E-state index in [9.17, 15) is 14.9 Å². The number of anilines is 1. The number of pyridine rings is 1. The molecule has 1 N–H and O–H groups in total. The predicted molar refractivity (Wildman–Crippen MR) is 67.5 cm³/mol. The molecule has 0 saturated heterocycles. The van der Waals surface area contributed by atoms with E-state index in [0.29, 0.717) is 6.54 Å². The van der Waals surface area contributed by atoms with Crippen molar-refractivity contribution >= 4 is 17.4 Å². The third-order valence-corrected chi connectivity index (χ3v) is 2.28. The fourth-order valence-electron chi connectivity index (χ4n) is 1.44. The van der Waals surface area contributed by atoms with Gasteiger partial charge in [0.1, 0.15) is 0 Å². The maximum atomic E-state index is 11.5. The van der Waals surface area contributed by atoms with E-state index < -0.39 is 4.92 Å². The van der Waals surface area contributed by atoms with Gasteiger partial charge in [0.2, 0.25) is 11.7 Å². The molecular formula is C11H16N4O3. The zero-order valence-corrected chi connectivity index (χ0v) is 10.4. The van der Waals surface area contributed by atoms with E-state index in [1.165, 1.54) is 23.2 Å². The van der Waals surface area contributed by atoms with Crippen LogP contribution in [0, 0.1) is 10.1 Å². The summed E-state index contributed by atoms with van der Waals surface area (Å²) in [5.74, 6) is 0.00782. The molecule has 18 heavy (non-hydrogen) atoms. The molecule has 7 nitrogen and oxygen atoms in total. The highest BCUT2D eigenvalue weighted by Crippen LogP contribution is 2.23. The zero-order chi connectivity index (χ0) is 13.5. The molecule has 1 aromatic heterocycles. The summed E-state index contributed by atoms with van der Waals surface area (Å²) in [5, 5.41) is 13.5. The molecule has 0 atom stereocenters. The largest absolute Gasteiger partial charge is 0.355 e. The smallest absolute Gasteiger partial charge is 0.311 e. The van der Waals surface area contributed by atoms with Crippen molar-refractivity contribution in [1.82, 2.24) is 10.3 Å². The SMILES string of the molecule is CCCNC(=O)CN(C)c1ncccc1[N+](=O)[O-]. The van der Waals surface area contributed by atoms with E-state index in [2.05, 4.69) is 10.3 Å². The standard InChI is InChI=1S/C11H16N4O3/c1-3-6-12-10(16)8-14(2)11-9(15(17)18)5-4-7-13-11/h4-5,7H,3,6,8H2,1-2H3,(H,12,16). The molecule has 0 spiro atoms. The predicted octanol–water partition coefficient (Wildman–Crippen LogP) is 0.952. The van der Waals surface area contributed by atoms with Crippen LogP contribution in [0.2, 0.25) is 0 Å². The van der Waals surface area contributed by atoms with Crippen molar-refractivity contribution in [3.63, 3.8) is 0 Å². The second kappa shape index (κ2) is 6.53. The topological polar surface area (TPSA) is 88.4 Å². The molecule has 0 radical (unpaired) electrons. The first-order valence-electron chi connectivity index (χ1n) is 5.63. The summed E-state index contributed by atoms with van der Waals surface area (Å²) in [6.45, 7) is 2.59. The number of carbonyl (C=O) groups is 1. The first kappa shape index (κ1) is 13.9. The fraction of sp³-hybridized carbons (Fsp3) is 0.455. The summed E-state index contributed by atoms with van der Waals surface area (Å²) in [7, 11) is 1.60. The Labute approximate surface area is 105 Å². The average molecular weight is 252 g/mol. The Bertz CT molecular complexity index is 436. The van der Waals surface area contributed by atoms with E-state index >= 15 is 0 Å². The van der Waals surface area contributed by atoms with E-state index in [1.807, 2.05) is 6.92 Å². The number of nitrogens with zero attached hydrogens (tertiary/aromatic N) is 3. The van der Waals surface area contributed by atoms with E-state index in [4.69, 9.17) is 0 Å². The van der Waals surface area contributed by atoms with Crippen LogP contribution in [-0.2, 0) is 4.79 Å². The van der Waals surface area contributed by atoms with Crippen LogP contribution in [-0.4, -0.2) is 36.0 Å². The molecule has 7 heteroatoms. The van der Waals surface area contributed by atoms with Gasteiger partial charge in [0.15, 0.2) is 0 Å². The molecule has 0 aliphatic heterocycles. The minimum Gasteiger partial charge on any atom is -0.355 e. The Morgan fingerprint density at radius 1 is 1.61 bits per heavy atom. The summed E-state index contributed by atoms with van der Waals surface area (Å²) in [4.78, 5) is 27.2. The number of hydrogen-bond acceptors (Lipinski definition) is 5.